The summed E-state index contributed by atoms with van der Waals surface area (Å²) >= 11 is 0. The molecule has 0 fully saturated rings. The van der Waals surface area contributed by atoms with Gasteiger partial charge in [-0.15, -0.1) is 0 Å². The van der Waals surface area contributed by atoms with Gasteiger partial charge in [0.1, 0.15) is 0 Å². The van der Waals surface area contributed by atoms with Gasteiger partial charge >= 0.3 is 5.97 Å². The van der Waals surface area contributed by atoms with Gasteiger partial charge < -0.3 is 5.11 Å². The van der Waals surface area contributed by atoms with Crippen LogP contribution in [0.2, 0.25) is 0 Å². The highest BCUT2D eigenvalue weighted by molar-refractivity contribution is 5.80. The second-order valence-corrected chi connectivity index (χ2v) is 1.66. The largest absolute Gasteiger partial charge is 0.478 e. The molecule has 0 atom stereocenters. The Morgan fingerprint density at radius 2 is 2.10 bits per heavy atom. The van der Waals surface area contributed by atoms with Crippen LogP contribution >= 0.6 is 0 Å². The fourth-order valence-corrected chi connectivity index (χ4v) is 0.450. The average molecular weight is 138 g/mol. The summed E-state index contributed by atoms with van der Waals surface area (Å²) in [6, 6.07) is 0. The van der Waals surface area contributed by atoms with E-state index in [9.17, 15) is 4.79 Å². The molecule has 0 unspecified atom stereocenters. The Bertz CT molecular complexity index is 187. The van der Waals surface area contributed by atoms with Crippen LogP contribution in [0.4, 0.5) is 0 Å². The van der Waals surface area contributed by atoms with E-state index in [1.165, 1.54) is 6.08 Å². The molecular formula is C8H10O2. The van der Waals surface area contributed by atoms with Crippen LogP contribution in [0.5, 0.6) is 0 Å². The summed E-state index contributed by atoms with van der Waals surface area (Å²) in [6.45, 7) is 5.32. The number of rotatable bonds is 3. The van der Waals surface area contributed by atoms with Crippen molar-refractivity contribution >= 4 is 5.97 Å². The summed E-state index contributed by atoms with van der Waals surface area (Å²) in [5.41, 5.74) is 0.808. The number of carboxylic acids is 1. The lowest BCUT2D eigenvalue weighted by molar-refractivity contribution is -0.131. The Morgan fingerprint density at radius 1 is 1.50 bits per heavy atom. The predicted octanol–water partition coefficient (Wildman–Crippen LogP) is 1.76. The van der Waals surface area contributed by atoms with Gasteiger partial charge in [0.05, 0.1) is 0 Å². The van der Waals surface area contributed by atoms with Crippen LogP contribution in [0.1, 0.15) is 6.92 Å². The molecule has 54 valence electrons. The van der Waals surface area contributed by atoms with Crippen LogP contribution in [-0.2, 0) is 4.79 Å². The first-order chi connectivity index (χ1) is 4.70. The third-order valence-electron chi connectivity index (χ3n) is 0.987. The van der Waals surface area contributed by atoms with Gasteiger partial charge in [0.2, 0.25) is 0 Å². The van der Waals surface area contributed by atoms with Crippen molar-refractivity contribution in [1.82, 2.24) is 0 Å². The van der Waals surface area contributed by atoms with Crippen molar-refractivity contribution in [3.05, 3.63) is 36.5 Å². The molecule has 0 spiro atoms. The molecule has 0 aliphatic rings. The van der Waals surface area contributed by atoms with E-state index in [1.807, 2.05) is 6.92 Å². The summed E-state index contributed by atoms with van der Waals surface area (Å²) in [5.74, 6) is -0.943. The van der Waals surface area contributed by atoms with Gasteiger partial charge in [0.25, 0.3) is 0 Å². The Hall–Kier alpha value is -1.31. The number of carbonyl (C=O) groups is 1. The molecule has 0 amide bonds. The van der Waals surface area contributed by atoms with E-state index in [2.05, 4.69) is 6.58 Å². The van der Waals surface area contributed by atoms with Gasteiger partial charge in [-0.1, -0.05) is 18.7 Å². The van der Waals surface area contributed by atoms with Gasteiger partial charge in [-0.05, 0) is 18.6 Å². The van der Waals surface area contributed by atoms with Crippen LogP contribution in [-0.4, -0.2) is 11.1 Å². The molecule has 1 N–H and O–H groups in total. The third-order valence-corrected chi connectivity index (χ3v) is 0.987. The van der Waals surface area contributed by atoms with Gasteiger partial charge in [-0.2, -0.15) is 0 Å². The fourth-order valence-electron chi connectivity index (χ4n) is 0.450. The van der Waals surface area contributed by atoms with Gasteiger partial charge in [-0.3, -0.25) is 0 Å². The molecule has 2 heteroatoms. The topological polar surface area (TPSA) is 37.3 Å². The van der Waals surface area contributed by atoms with Crippen molar-refractivity contribution in [3.8, 4) is 0 Å². The lowest BCUT2D eigenvalue weighted by Crippen LogP contribution is -1.85. The highest BCUT2D eigenvalue weighted by Crippen LogP contribution is 1.96. The molecule has 0 saturated carbocycles. The smallest absolute Gasteiger partial charge is 0.328 e. The van der Waals surface area contributed by atoms with E-state index >= 15 is 0 Å². The van der Waals surface area contributed by atoms with Crippen molar-refractivity contribution in [1.29, 1.82) is 0 Å². The zero-order valence-electron chi connectivity index (χ0n) is 5.87. The van der Waals surface area contributed by atoms with Gasteiger partial charge in [-0.25, -0.2) is 4.79 Å². The lowest BCUT2D eigenvalue weighted by atomic mass is 10.2. The Morgan fingerprint density at radius 3 is 2.40 bits per heavy atom. The first kappa shape index (κ1) is 8.69. The van der Waals surface area contributed by atoms with E-state index in [1.54, 1.807) is 12.2 Å². The zero-order valence-corrected chi connectivity index (χ0v) is 5.87. The molecule has 10 heavy (non-hydrogen) atoms. The molecule has 0 radical (unpaired) electrons. The molecule has 0 aliphatic heterocycles. The van der Waals surface area contributed by atoms with Crippen LogP contribution < -0.4 is 0 Å². The predicted molar refractivity (Wildman–Crippen MR) is 40.7 cm³/mol. The van der Waals surface area contributed by atoms with Crippen molar-refractivity contribution in [2.45, 2.75) is 6.92 Å². The van der Waals surface area contributed by atoms with E-state index in [0.29, 0.717) is 0 Å². The molecule has 0 aromatic heterocycles. The van der Waals surface area contributed by atoms with Crippen molar-refractivity contribution in [2.24, 2.45) is 0 Å². The van der Waals surface area contributed by atoms with Crippen molar-refractivity contribution < 1.29 is 9.90 Å². The first-order valence-corrected chi connectivity index (χ1v) is 2.90. The maximum Gasteiger partial charge on any atom is 0.328 e. The minimum absolute atomic E-state index is 0.808. The minimum atomic E-state index is -0.943. The number of hydrogen-bond acceptors (Lipinski definition) is 1. The average Bonchev–Trinajstić information content (AvgIpc) is 1.90. The monoisotopic (exact) mass is 138 g/mol. The van der Waals surface area contributed by atoms with E-state index < -0.39 is 5.97 Å². The molecule has 2 nitrogen and oxygen atoms in total. The number of aliphatic carboxylic acids is 1. The summed E-state index contributed by atoms with van der Waals surface area (Å²) in [6.07, 6.45) is 5.96. The molecular weight excluding hydrogens is 128 g/mol. The molecule has 0 heterocycles. The second-order valence-electron chi connectivity index (χ2n) is 1.66. The third kappa shape index (κ3) is 3.66. The number of allylic oxidation sites excluding steroid dienone is 4. The maximum absolute atomic E-state index is 9.99. The molecule has 0 aliphatic carbocycles. The molecule has 0 aromatic rings. The second kappa shape index (κ2) is 4.56. The number of hydrogen-bond donors (Lipinski definition) is 1. The van der Waals surface area contributed by atoms with E-state index in [-0.39, 0.29) is 0 Å². The van der Waals surface area contributed by atoms with Gasteiger partial charge in [0.15, 0.2) is 0 Å². The quantitative estimate of drug-likeness (QED) is 0.476. The Balaban J connectivity index is 4.11. The Labute approximate surface area is 60.2 Å². The zero-order chi connectivity index (χ0) is 7.98. The first-order valence-electron chi connectivity index (χ1n) is 2.90. The van der Waals surface area contributed by atoms with E-state index in [0.717, 1.165) is 11.6 Å². The van der Waals surface area contributed by atoms with Crippen molar-refractivity contribution in [2.75, 3.05) is 0 Å². The standard InChI is InChI=1S/C8H10O2/c1-3-7(4-2)5-6-8(9)10/h3-6H,1H2,2H3,(H,9,10)/b6-5+,7-4+. The van der Waals surface area contributed by atoms with E-state index in [4.69, 9.17) is 5.11 Å². The van der Waals surface area contributed by atoms with Gasteiger partial charge in [0, 0.05) is 6.08 Å². The molecule has 0 saturated heterocycles. The summed E-state index contributed by atoms with van der Waals surface area (Å²) in [5, 5.41) is 8.21. The van der Waals surface area contributed by atoms with Crippen LogP contribution in [0.25, 0.3) is 0 Å². The molecule has 0 bridgehead atoms. The fraction of sp³-hybridized carbons (Fsp3) is 0.125. The number of carboxylic acid groups (broad SMARTS) is 1. The maximum atomic E-state index is 9.99. The van der Waals surface area contributed by atoms with Crippen LogP contribution in [0.3, 0.4) is 0 Å². The highest BCUT2D eigenvalue weighted by atomic mass is 16.4. The minimum Gasteiger partial charge on any atom is -0.478 e. The van der Waals surface area contributed by atoms with Crippen LogP contribution in [0, 0.1) is 0 Å². The summed E-state index contributed by atoms with van der Waals surface area (Å²) < 4.78 is 0. The Kier molecular flexibility index (Phi) is 3.96. The lowest BCUT2D eigenvalue weighted by Gasteiger charge is -1.86. The molecule has 0 aromatic carbocycles. The molecule has 0 rings (SSSR count). The van der Waals surface area contributed by atoms with Crippen molar-refractivity contribution in [3.63, 3.8) is 0 Å². The SMILES string of the molecule is C=CC(/C=C/C(=O)O)=C\C. The normalized spacial score (nSPS) is 11.9. The summed E-state index contributed by atoms with van der Waals surface area (Å²) in [4.78, 5) is 9.99. The van der Waals surface area contributed by atoms with Crippen LogP contribution in [0.15, 0.2) is 36.5 Å². The highest BCUT2D eigenvalue weighted by Gasteiger charge is 1.85. The summed E-state index contributed by atoms with van der Waals surface area (Å²) in [7, 11) is 0.